The van der Waals surface area contributed by atoms with Crippen molar-refractivity contribution in [1.29, 1.82) is 0 Å². The fourth-order valence-electron chi connectivity index (χ4n) is 5.86. The summed E-state index contributed by atoms with van der Waals surface area (Å²) < 4.78 is 0. The summed E-state index contributed by atoms with van der Waals surface area (Å²) in [5, 5.41) is 12.2. The molecule has 4 aromatic carbocycles. The van der Waals surface area contributed by atoms with Crippen LogP contribution in [0.25, 0.3) is 10.8 Å². The molecule has 0 saturated heterocycles. The molecule has 6 rings (SSSR count). The molecule has 9 nitrogen and oxygen atoms in total. The first-order valence-corrected chi connectivity index (χ1v) is 13.4. The molecular weight excluding hydrogens is 546 g/mol. The van der Waals surface area contributed by atoms with Gasteiger partial charge in [-0.2, -0.15) is 0 Å². The van der Waals surface area contributed by atoms with Gasteiger partial charge in [0, 0.05) is 50.2 Å². The van der Waals surface area contributed by atoms with Crippen LogP contribution in [-0.2, 0) is 12.8 Å². The number of non-ortho nitro benzene ring substituents is 1. The normalized spacial score (nSPS) is 14.3. The Morgan fingerprint density at radius 1 is 0.732 bits per heavy atom. The first-order valence-electron chi connectivity index (χ1n) is 13.0. The molecule has 204 valence electrons. The molecule has 2 heterocycles. The molecule has 0 aliphatic carbocycles. The zero-order valence-electron chi connectivity index (χ0n) is 22.3. The van der Waals surface area contributed by atoms with Gasteiger partial charge in [-0.25, -0.2) is 9.80 Å². The number of nitrogens with zero attached hydrogens (tertiary/aromatic N) is 3. The van der Waals surface area contributed by atoms with Crippen molar-refractivity contribution < 1.29 is 24.1 Å². The number of rotatable bonds is 5. The number of carbonyl (C=O) groups excluding carboxylic acids is 4. The molecule has 2 aliphatic heterocycles. The number of carbonyl (C=O) groups is 4. The van der Waals surface area contributed by atoms with Gasteiger partial charge in [-0.05, 0) is 72.9 Å². The number of hydrogen-bond acceptors (Lipinski definition) is 6. The molecule has 0 spiro atoms. The third-order valence-corrected chi connectivity index (χ3v) is 8.15. The van der Waals surface area contributed by atoms with Gasteiger partial charge < -0.3 is 0 Å². The summed E-state index contributed by atoms with van der Waals surface area (Å²) in [5.74, 6) is -2.43. The largest absolute Gasteiger partial charge is 0.269 e. The molecule has 2 aliphatic rings. The second kappa shape index (κ2) is 9.35. The number of nitro benzene ring substituents is 1. The molecule has 10 heteroatoms. The minimum Gasteiger partial charge on any atom is -0.268 e. The monoisotopic (exact) mass is 567 g/mol. The van der Waals surface area contributed by atoms with E-state index in [9.17, 15) is 29.3 Å². The van der Waals surface area contributed by atoms with E-state index in [-0.39, 0.29) is 44.4 Å². The predicted molar refractivity (Wildman–Crippen MR) is 154 cm³/mol. The van der Waals surface area contributed by atoms with Gasteiger partial charge >= 0.3 is 0 Å². The minimum atomic E-state index is -0.651. The Morgan fingerprint density at radius 3 is 1.68 bits per heavy atom. The first-order chi connectivity index (χ1) is 19.6. The highest BCUT2D eigenvalue weighted by molar-refractivity contribution is 6.42. The van der Waals surface area contributed by atoms with Crippen LogP contribution in [0.15, 0.2) is 54.6 Å². The maximum absolute atomic E-state index is 14.0. The zero-order chi connectivity index (χ0) is 29.3. The molecule has 0 N–H and O–H groups in total. The van der Waals surface area contributed by atoms with E-state index in [1.54, 1.807) is 19.1 Å². The number of amides is 4. The molecule has 0 atom stereocenters. The lowest BCUT2D eigenvalue weighted by molar-refractivity contribution is -0.384. The maximum Gasteiger partial charge on any atom is 0.269 e. The predicted octanol–water partition coefficient (Wildman–Crippen LogP) is 6.44. The van der Waals surface area contributed by atoms with Crippen LogP contribution in [-0.4, -0.2) is 28.6 Å². The van der Waals surface area contributed by atoms with Gasteiger partial charge in [0.05, 0.1) is 16.3 Å². The highest BCUT2D eigenvalue weighted by atomic mass is 35.5. The van der Waals surface area contributed by atoms with Crippen LogP contribution in [0.2, 0.25) is 5.02 Å². The van der Waals surface area contributed by atoms with Crippen LogP contribution in [0.4, 0.5) is 17.1 Å². The average molecular weight is 568 g/mol. The Bertz CT molecular complexity index is 1840. The average Bonchev–Trinajstić information content (AvgIpc) is 2.95. The van der Waals surface area contributed by atoms with Crippen LogP contribution < -0.4 is 9.80 Å². The Morgan fingerprint density at radius 2 is 1.24 bits per heavy atom. The summed E-state index contributed by atoms with van der Waals surface area (Å²) in [6, 6.07) is 13.4. The number of hydrogen-bond donors (Lipinski definition) is 0. The number of imide groups is 2. The van der Waals surface area contributed by atoms with Crippen molar-refractivity contribution in [3.8, 4) is 0 Å². The second-order valence-corrected chi connectivity index (χ2v) is 10.3. The van der Waals surface area contributed by atoms with Crippen LogP contribution >= 0.6 is 11.6 Å². The standard InChI is InChI=1S/C31H22ClN3O6/c1-4-16-6-12-23(32)18(5-2)27(16)34-30(38)21-10-8-19-25-20(9-11-22(26(21)25)31(34)39)29(37)33(28(19)36)24-13-7-17(35(40)41)14-15(24)3/h6-14H,4-5H2,1-3H3. The molecule has 0 saturated carbocycles. The van der Waals surface area contributed by atoms with Gasteiger partial charge in [-0.3, -0.25) is 29.3 Å². The molecule has 41 heavy (non-hydrogen) atoms. The topological polar surface area (TPSA) is 118 Å². The third kappa shape index (κ3) is 3.62. The van der Waals surface area contributed by atoms with E-state index >= 15 is 0 Å². The van der Waals surface area contributed by atoms with Crippen LogP contribution in [0.5, 0.6) is 0 Å². The second-order valence-electron chi connectivity index (χ2n) is 9.93. The van der Waals surface area contributed by atoms with E-state index < -0.39 is 28.6 Å². The van der Waals surface area contributed by atoms with E-state index in [0.29, 0.717) is 34.7 Å². The fourth-order valence-corrected chi connectivity index (χ4v) is 6.15. The van der Waals surface area contributed by atoms with Crippen molar-refractivity contribution in [3.05, 3.63) is 109 Å². The van der Waals surface area contributed by atoms with Crippen LogP contribution in [0.1, 0.15) is 72.0 Å². The quantitative estimate of drug-likeness (QED) is 0.156. The summed E-state index contributed by atoms with van der Waals surface area (Å²) in [6.07, 6.45) is 1.07. The van der Waals surface area contributed by atoms with Crippen molar-refractivity contribution in [2.24, 2.45) is 0 Å². The Hall–Kier alpha value is -4.89. The van der Waals surface area contributed by atoms with Gasteiger partial charge in [0.2, 0.25) is 0 Å². The molecule has 0 unspecified atom stereocenters. The number of aryl methyl sites for hydroxylation is 2. The lowest BCUT2D eigenvalue weighted by Gasteiger charge is -2.33. The maximum atomic E-state index is 14.0. The minimum absolute atomic E-state index is 0.151. The lowest BCUT2D eigenvalue weighted by atomic mass is 9.85. The molecule has 0 fully saturated rings. The number of halogens is 1. The van der Waals surface area contributed by atoms with Crippen molar-refractivity contribution >= 4 is 63.1 Å². The third-order valence-electron chi connectivity index (χ3n) is 7.79. The Labute approximate surface area is 239 Å². The highest BCUT2D eigenvalue weighted by Gasteiger charge is 2.42. The summed E-state index contributed by atoms with van der Waals surface area (Å²) >= 11 is 6.49. The highest BCUT2D eigenvalue weighted by Crippen LogP contribution is 2.42. The van der Waals surface area contributed by atoms with Crippen molar-refractivity contribution in [3.63, 3.8) is 0 Å². The Balaban J connectivity index is 1.54. The molecule has 0 aromatic heterocycles. The van der Waals surface area contributed by atoms with Gasteiger partial charge in [-0.1, -0.05) is 31.5 Å². The number of anilines is 2. The number of nitro groups is 1. The first kappa shape index (κ1) is 26.3. The SMILES string of the molecule is CCc1ccc(Cl)c(CC)c1N1C(=O)c2ccc3c4c(ccc(c24)C1=O)C(=O)N(c1ccc([N+](=O)[O-])cc1C)C3=O. The van der Waals surface area contributed by atoms with Gasteiger partial charge in [-0.15, -0.1) is 0 Å². The van der Waals surface area contributed by atoms with Crippen LogP contribution in [0.3, 0.4) is 0 Å². The van der Waals surface area contributed by atoms with Crippen molar-refractivity contribution in [2.45, 2.75) is 33.6 Å². The van der Waals surface area contributed by atoms with Gasteiger partial charge in [0.1, 0.15) is 0 Å². The lowest BCUT2D eigenvalue weighted by Crippen LogP contribution is -2.44. The fraction of sp³-hybridized carbons (Fsp3) is 0.161. The summed E-state index contributed by atoms with van der Waals surface area (Å²) in [7, 11) is 0. The van der Waals surface area contributed by atoms with Gasteiger partial charge in [0.25, 0.3) is 29.3 Å². The van der Waals surface area contributed by atoms with E-state index in [1.807, 2.05) is 13.8 Å². The summed E-state index contributed by atoms with van der Waals surface area (Å²) in [6.45, 7) is 5.41. The molecule has 0 bridgehead atoms. The molecule has 4 amide bonds. The van der Waals surface area contributed by atoms with Gasteiger partial charge in [0.15, 0.2) is 0 Å². The zero-order valence-corrected chi connectivity index (χ0v) is 23.0. The van der Waals surface area contributed by atoms with Crippen LogP contribution in [0, 0.1) is 17.0 Å². The van der Waals surface area contributed by atoms with Crippen molar-refractivity contribution in [2.75, 3.05) is 9.80 Å². The van der Waals surface area contributed by atoms with E-state index in [1.165, 1.54) is 42.5 Å². The molecule has 4 aromatic rings. The smallest absolute Gasteiger partial charge is 0.268 e. The summed E-state index contributed by atoms with van der Waals surface area (Å²) in [4.78, 5) is 68.3. The molecular formula is C31H22ClN3O6. The van der Waals surface area contributed by atoms with Crippen molar-refractivity contribution in [1.82, 2.24) is 0 Å². The number of benzene rings is 4. The van der Waals surface area contributed by atoms with E-state index in [2.05, 4.69) is 0 Å². The Kier molecular flexibility index (Phi) is 6.00. The summed E-state index contributed by atoms with van der Waals surface area (Å²) in [5.41, 5.74) is 3.05. The molecule has 0 radical (unpaired) electrons. The van der Waals surface area contributed by atoms with E-state index in [4.69, 9.17) is 11.6 Å². The van der Waals surface area contributed by atoms with E-state index in [0.717, 1.165) is 15.4 Å².